The Hall–Kier alpha value is -0.390. The molecule has 4 aliphatic rings. The van der Waals surface area contributed by atoms with Crippen LogP contribution in [0, 0.1) is 59.2 Å². The van der Waals surface area contributed by atoms with E-state index in [0.717, 1.165) is 102 Å². The van der Waals surface area contributed by atoms with Crippen molar-refractivity contribution in [3.8, 4) is 0 Å². The van der Waals surface area contributed by atoms with Gasteiger partial charge in [0.2, 0.25) is 11.8 Å². The van der Waals surface area contributed by atoms with Crippen LogP contribution in [-0.2, 0) is 19.1 Å². The predicted molar refractivity (Wildman–Crippen MR) is 252 cm³/mol. The van der Waals surface area contributed by atoms with E-state index in [9.17, 15) is 14.4 Å². The lowest BCUT2D eigenvalue weighted by Crippen LogP contribution is -2.44. The SMILES string of the molecule is CCCCCC(CCC(C(=O)N1CCSC1S)C1CC(C(C)C)CCC1C)OC(=O)OC(CCCCC)CCC(C(=O)N1CCSC1S)C1CC(C(C)C)CCC1C. The summed E-state index contributed by atoms with van der Waals surface area (Å²) in [5.41, 5.74) is 0. The molecule has 58 heavy (non-hydrogen) atoms. The zero-order valence-electron chi connectivity index (χ0n) is 37.8. The Morgan fingerprint density at radius 3 is 1.33 bits per heavy atom. The summed E-state index contributed by atoms with van der Waals surface area (Å²) >= 11 is 13.1. The Bertz CT molecular complexity index is 1150. The van der Waals surface area contributed by atoms with Crippen LogP contribution >= 0.6 is 48.8 Å². The molecule has 2 aliphatic heterocycles. The minimum atomic E-state index is -0.580. The highest BCUT2D eigenvalue weighted by Gasteiger charge is 2.43. The fourth-order valence-electron chi connectivity index (χ4n) is 10.7. The van der Waals surface area contributed by atoms with Gasteiger partial charge in [-0.1, -0.05) is 93.9 Å². The van der Waals surface area contributed by atoms with Gasteiger partial charge in [-0.2, -0.15) is 0 Å². The van der Waals surface area contributed by atoms with Crippen molar-refractivity contribution in [3.63, 3.8) is 0 Å². The van der Waals surface area contributed by atoms with Crippen LogP contribution in [0.3, 0.4) is 0 Å². The van der Waals surface area contributed by atoms with Crippen molar-refractivity contribution >= 4 is 66.8 Å². The number of thiol groups is 2. The largest absolute Gasteiger partial charge is 0.508 e. The van der Waals surface area contributed by atoms with Gasteiger partial charge in [-0.15, -0.1) is 48.8 Å². The third kappa shape index (κ3) is 14.9. The summed E-state index contributed by atoms with van der Waals surface area (Å²) in [5, 5.41) is 0. The van der Waals surface area contributed by atoms with Crippen molar-refractivity contribution in [3.05, 3.63) is 0 Å². The first-order chi connectivity index (χ1) is 27.7. The van der Waals surface area contributed by atoms with Crippen LogP contribution in [0.1, 0.15) is 171 Å². The van der Waals surface area contributed by atoms with E-state index in [-0.39, 0.29) is 45.3 Å². The molecule has 2 heterocycles. The first-order valence-electron chi connectivity index (χ1n) is 23.8. The monoisotopic (exact) mass is 885 g/mol. The number of nitrogens with zero attached hydrogens (tertiary/aromatic N) is 2. The summed E-state index contributed by atoms with van der Waals surface area (Å²) in [6.45, 7) is 19.9. The number of amides is 2. The third-order valence-electron chi connectivity index (χ3n) is 14.8. The molecule has 11 heteroatoms. The van der Waals surface area contributed by atoms with E-state index in [2.05, 4.69) is 55.4 Å². The van der Waals surface area contributed by atoms with Gasteiger partial charge in [-0.05, 0) is 124 Å². The van der Waals surface area contributed by atoms with Gasteiger partial charge in [0, 0.05) is 36.4 Å². The quantitative estimate of drug-likeness (QED) is 0.0637. The molecule has 0 bridgehead atoms. The van der Waals surface area contributed by atoms with Gasteiger partial charge in [0.05, 0.1) is 0 Å². The fraction of sp³-hybridized carbons (Fsp3) is 0.936. The zero-order chi connectivity index (χ0) is 42.4. The van der Waals surface area contributed by atoms with Crippen LogP contribution in [0.15, 0.2) is 0 Å². The Morgan fingerprint density at radius 1 is 0.603 bits per heavy atom. The van der Waals surface area contributed by atoms with Gasteiger partial charge < -0.3 is 19.3 Å². The van der Waals surface area contributed by atoms with Gasteiger partial charge in [0.15, 0.2) is 0 Å². The summed E-state index contributed by atoms with van der Waals surface area (Å²) in [6, 6.07) is 0. The van der Waals surface area contributed by atoms with Gasteiger partial charge in [0.1, 0.15) is 21.6 Å². The molecule has 336 valence electrons. The van der Waals surface area contributed by atoms with Crippen molar-refractivity contribution in [1.29, 1.82) is 0 Å². The lowest BCUT2D eigenvalue weighted by atomic mass is 9.65. The van der Waals surface area contributed by atoms with E-state index in [4.69, 9.17) is 34.7 Å². The maximum Gasteiger partial charge on any atom is 0.508 e. The Kier molecular flexibility index (Phi) is 22.2. The van der Waals surface area contributed by atoms with Gasteiger partial charge in [-0.25, -0.2) is 4.79 Å². The molecule has 0 spiro atoms. The first kappa shape index (κ1) is 50.3. The average molecular weight is 885 g/mol. The summed E-state index contributed by atoms with van der Waals surface area (Å²) in [6.07, 6.45) is 16.4. The van der Waals surface area contributed by atoms with E-state index in [1.807, 2.05) is 9.80 Å². The number of unbranched alkanes of at least 4 members (excludes halogenated alkanes) is 4. The van der Waals surface area contributed by atoms with Crippen LogP contribution < -0.4 is 0 Å². The number of carbonyl (C=O) groups excluding carboxylic acids is 3. The molecule has 2 saturated heterocycles. The predicted octanol–water partition coefficient (Wildman–Crippen LogP) is 12.8. The molecule has 2 amide bonds. The molecular weight excluding hydrogens is 801 g/mol. The second-order valence-corrected chi connectivity index (χ2v) is 23.5. The van der Waals surface area contributed by atoms with Crippen molar-refractivity contribution in [2.75, 3.05) is 24.6 Å². The van der Waals surface area contributed by atoms with Crippen molar-refractivity contribution in [2.24, 2.45) is 59.2 Å². The van der Waals surface area contributed by atoms with Crippen LogP contribution in [0.25, 0.3) is 0 Å². The molecule has 0 aromatic heterocycles. The number of thioether (sulfide) groups is 2. The standard InChI is InChI=1S/C47H84N2O5S4/c1-9-11-13-15-37(21-23-39(43(50)48-25-27-57-45(48)55)41-29-35(31(3)4)19-17-33(41)7)53-47(52)54-38(16-14-12-10-2)22-24-40(44(51)49-26-28-58-46(49)56)42-30-36(32(5)6)20-18-34(42)8/h31-42,45-46,55-56H,9-30H2,1-8H3. The summed E-state index contributed by atoms with van der Waals surface area (Å²) in [5.74, 6) is 6.22. The highest BCUT2D eigenvalue weighted by molar-refractivity contribution is 8.10. The van der Waals surface area contributed by atoms with E-state index >= 15 is 0 Å². The highest BCUT2D eigenvalue weighted by atomic mass is 32.2. The minimum Gasteiger partial charge on any atom is -0.431 e. The summed E-state index contributed by atoms with van der Waals surface area (Å²) < 4.78 is 12.4. The second-order valence-electron chi connectivity index (χ2n) is 19.5. The molecular formula is C47H84N2O5S4. The van der Waals surface area contributed by atoms with Crippen molar-refractivity contribution in [1.82, 2.24) is 9.80 Å². The number of hydrogen-bond acceptors (Lipinski definition) is 9. The number of ether oxygens (including phenoxy) is 2. The van der Waals surface area contributed by atoms with Crippen LogP contribution in [0.5, 0.6) is 0 Å². The lowest BCUT2D eigenvalue weighted by Gasteiger charge is -2.41. The second kappa shape index (κ2) is 25.7. The molecule has 7 nitrogen and oxygen atoms in total. The van der Waals surface area contributed by atoms with Crippen LogP contribution in [-0.4, -0.2) is 74.0 Å². The molecule has 4 rings (SSSR count). The molecule has 0 aromatic rings. The fourth-order valence-corrected chi connectivity index (χ4v) is 13.6. The number of hydrogen-bond donors (Lipinski definition) is 2. The van der Waals surface area contributed by atoms with Crippen LogP contribution in [0.4, 0.5) is 4.79 Å². The average Bonchev–Trinajstić information content (AvgIpc) is 3.83. The van der Waals surface area contributed by atoms with E-state index in [1.54, 1.807) is 23.5 Å². The molecule has 2 aliphatic carbocycles. The van der Waals surface area contributed by atoms with E-state index < -0.39 is 6.16 Å². The van der Waals surface area contributed by atoms with Gasteiger partial charge in [0.25, 0.3) is 0 Å². The van der Waals surface area contributed by atoms with Crippen molar-refractivity contribution < 1.29 is 23.9 Å². The smallest absolute Gasteiger partial charge is 0.431 e. The van der Waals surface area contributed by atoms with E-state index in [1.165, 1.54) is 12.8 Å². The maximum absolute atomic E-state index is 14.4. The molecule has 0 radical (unpaired) electrons. The minimum absolute atomic E-state index is 0.0903. The van der Waals surface area contributed by atoms with Crippen molar-refractivity contribution in [2.45, 2.75) is 193 Å². The number of carbonyl (C=O) groups is 3. The third-order valence-corrected chi connectivity index (χ3v) is 18.2. The number of rotatable bonds is 22. The zero-order valence-corrected chi connectivity index (χ0v) is 41.2. The Morgan fingerprint density at radius 2 is 1.00 bits per heavy atom. The maximum atomic E-state index is 14.4. The Balaban J connectivity index is 1.49. The van der Waals surface area contributed by atoms with Gasteiger partial charge in [-0.3, -0.25) is 9.59 Å². The molecule has 0 N–H and O–H groups in total. The molecule has 2 saturated carbocycles. The topological polar surface area (TPSA) is 76.1 Å². The normalized spacial score (nSPS) is 30.1. The molecule has 12 unspecified atom stereocenters. The van der Waals surface area contributed by atoms with Gasteiger partial charge >= 0.3 is 6.16 Å². The lowest BCUT2D eigenvalue weighted by molar-refractivity contribution is -0.139. The summed E-state index contributed by atoms with van der Waals surface area (Å²) in [4.78, 5) is 46.7. The Labute approximate surface area is 374 Å². The molecule has 4 fully saturated rings. The molecule has 0 aromatic carbocycles. The molecule has 12 atom stereocenters. The first-order valence-corrected chi connectivity index (χ1v) is 27.0. The van der Waals surface area contributed by atoms with Crippen LogP contribution in [0.2, 0.25) is 0 Å². The highest BCUT2D eigenvalue weighted by Crippen LogP contribution is 2.46. The van der Waals surface area contributed by atoms with E-state index in [0.29, 0.717) is 73.0 Å². The summed E-state index contributed by atoms with van der Waals surface area (Å²) in [7, 11) is 0.